The zero-order valence-electron chi connectivity index (χ0n) is 20.2. The Balaban J connectivity index is 1.84. The quantitative estimate of drug-likeness (QED) is 0.389. The highest BCUT2D eigenvalue weighted by Crippen LogP contribution is 2.44. The Bertz CT molecular complexity index is 1340. The molecule has 3 aromatic rings. The van der Waals surface area contributed by atoms with Crippen molar-refractivity contribution in [2.45, 2.75) is 12.0 Å². The van der Waals surface area contributed by atoms with E-state index in [9.17, 15) is 19.7 Å². The van der Waals surface area contributed by atoms with Gasteiger partial charge in [-0.1, -0.05) is 24.3 Å². The molecule has 0 saturated carbocycles. The standard InChI is InChI=1S/C26H25N3O7/c1-28-24(15-9-11-21(35-3)22(13-15)36-4)23(17-7-5-6-8-18(17)26(28)31)25(30)27-19-14-16(29(32)33)10-12-20(19)34-2/h5-14,23-24H,1-4H3,(H,27,30). The first-order valence-corrected chi connectivity index (χ1v) is 11.0. The van der Waals surface area contributed by atoms with E-state index >= 15 is 0 Å². The number of methoxy groups -OCH3 is 3. The van der Waals surface area contributed by atoms with Gasteiger partial charge in [0, 0.05) is 24.7 Å². The highest BCUT2D eigenvalue weighted by atomic mass is 16.6. The van der Waals surface area contributed by atoms with Crippen molar-refractivity contribution in [3.8, 4) is 17.2 Å². The fourth-order valence-corrected chi connectivity index (χ4v) is 4.53. The van der Waals surface area contributed by atoms with Gasteiger partial charge in [0.05, 0.1) is 43.9 Å². The van der Waals surface area contributed by atoms with Gasteiger partial charge in [0.2, 0.25) is 5.91 Å². The summed E-state index contributed by atoms with van der Waals surface area (Å²) >= 11 is 0. The maximum absolute atomic E-state index is 13.9. The first-order chi connectivity index (χ1) is 17.3. The molecule has 0 radical (unpaired) electrons. The molecule has 2 atom stereocenters. The van der Waals surface area contributed by atoms with E-state index in [-0.39, 0.29) is 23.0 Å². The van der Waals surface area contributed by atoms with Crippen LogP contribution in [0.4, 0.5) is 11.4 Å². The third kappa shape index (κ3) is 4.28. The molecule has 1 aliphatic heterocycles. The second-order valence-electron chi connectivity index (χ2n) is 8.17. The summed E-state index contributed by atoms with van der Waals surface area (Å²) in [5, 5.41) is 14.1. The maximum Gasteiger partial charge on any atom is 0.271 e. The number of hydrogen-bond acceptors (Lipinski definition) is 7. The number of rotatable bonds is 7. The Kier molecular flexibility index (Phi) is 6.77. The minimum atomic E-state index is -0.842. The lowest BCUT2D eigenvalue weighted by Gasteiger charge is -2.40. The van der Waals surface area contributed by atoms with Crippen molar-refractivity contribution in [2.75, 3.05) is 33.7 Å². The van der Waals surface area contributed by atoms with Crippen molar-refractivity contribution < 1.29 is 28.7 Å². The lowest BCUT2D eigenvalue weighted by molar-refractivity contribution is -0.384. The van der Waals surface area contributed by atoms with Gasteiger partial charge in [-0.05, 0) is 35.4 Å². The Morgan fingerprint density at radius 2 is 1.61 bits per heavy atom. The Morgan fingerprint density at radius 3 is 2.28 bits per heavy atom. The number of hydrogen-bond donors (Lipinski definition) is 1. The summed E-state index contributed by atoms with van der Waals surface area (Å²) in [6.45, 7) is 0. The second kappa shape index (κ2) is 9.95. The molecule has 0 saturated heterocycles. The van der Waals surface area contributed by atoms with Crippen LogP contribution < -0.4 is 19.5 Å². The van der Waals surface area contributed by atoms with Gasteiger partial charge in [0.25, 0.3) is 11.6 Å². The predicted octanol–water partition coefficient (Wildman–Crippen LogP) is 4.17. The number of ether oxygens (including phenoxy) is 3. The second-order valence-corrected chi connectivity index (χ2v) is 8.17. The molecule has 186 valence electrons. The Labute approximate surface area is 207 Å². The number of fused-ring (bicyclic) bond motifs is 1. The molecule has 4 rings (SSSR count). The van der Waals surface area contributed by atoms with Gasteiger partial charge < -0.3 is 24.4 Å². The van der Waals surface area contributed by atoms with Crippen molar-refractivity contribution in [3.05, 3.63) is 87.5 Å². The number of nitrogens with zero attached hydrogens (tertiary/aromatic N) is 2. The molecule has 1 N–H and O–H groups in total. The molecule has 10 nitrogen and oxygen atoms in total. The Morgan fingerprint density at radius 1 is 0.944 bits per heavy atom. The lowest BCUT2D eigenvalue weighted by atomic mass is 9.79. The van der Waals surface area contributed by atoms with Gasteiger partial charge in [-0.15, -0.1) is 0 Å². The topological polar surface area (TPSA) is 120 Å². The monoisotopic (exact) mass is 491 g/mol. The summed E-state index contributed by atoms with van der Waals surface area (Å²) in [7, 11) is 6.07. The van der Waals surface area contributed by atoms with E-state index in [0.29, 0.717) is 28.2 Å². The highest BCUT2D eigenvalue weighted by molar-refractivity contribution is 6.04. The molecule has 0 aliphatic carbocycles. The van der Waals surface area contributed by atoms with Crippen LogP contribution in [0.1, 0.15) is 33.4 Å². The van der Waals surface area contributed by atoms with E-state index in [1.54, 1.807) is 49.5 Å². The van der Waals surface area contributed by atoms with E-state index in [1.165, 1.54) is 44.4 Å². The molecular formula is C26H25N3O7. The normalized spacial score (nSPS) is 16.7. The molecule has 10 heteroatoms. The summed E-state index contributed by atoms with van der Waals surface area (Å²) in [6.07, 6.45) is 0. The van der Waals surface area contributed by atoms with Crippen LogP contribution in [0.3, 0.4) is 0 Å². The van der Waals surface area contributed by atoms with E-state index in [1.807, 2.05) is 0 Å². The third-order valence-corrected chi connectivity index (χ3v) is 6.26. The highest BCUT2D eigenvalue weighted by Gasteiger charge is 2.43. The first kappa shape index (κ1) is 24.5. The molecule has 36 heavy (non-hydrogen) atoms. The van der Waals surface area contributed by atoms with E-state index < -0.39 is 22.8 Å². The van der Waals surface area contributed by atoms with Crippen molar-refractivity contribution in [3.63, 3.8) is 0 Å². The van der Waals surface area contributed by atoms with Crippen LogP contribution in [0.15, 0.2) is 60.7 Å². The Hall–Kier alpha value is -4.60. The zero-order chi connectivity index (χ0) is 26.0. The zero-order valence-corrected chi connectivity index (χ0v) is 20.2. The number of benzene rings is 3. The minimum Gasteiger partial charge on any atom is -0.495 e. The summed E-state index contributed by atoms with van der Waals surface area (Å²) in [5.74, 6) is -0.304. The van der Waals surface area contributed by atoms with Crippen LogP contribution in [0.2, 0.25) is 0 Å². The van der Waals surface area contributed by atoms with E-state index in [4.69, 9.17) is 14.2 Å². The molecule has 2 unspecified atom stereocenters. The summed E-state index contributed by atoms with van der Waals surface area (Å²) in [5.41, 5.74) is 1.56. The SMILES string of the molecule is COc1ccc([N+](=O)[O-])cc1NC(=O)C1c2ccccc2C(=O)N(C)C1c1ccc(OC)c(OC)c1. The number of likely N-dealkylation sites (N-methyl/N-ethyl adjacent to an activating group) is 1. The van der Waals surface area contributed by atoms with Crippen LogP contribution in [0, 0.1) is 10.1 Å². The number of non-ortho nitro benzene ring substituents is 1. The van der Waals surface area contributed by atoms with E-state index in [2.05, 4.69) is 5.32 Å². The molecule has 1 aliphatic rings. The van der Waals surface area contributed by atoms with Gasteiger partial charge in [0.15, 0.2) is 11.5 Å². The van der Waals surface area contributed by atoms with Gasteiger partial charge in [0.1, 0.15) is 5.75 Å². The third-order valence-electron chi connectivity index (χ3n) is 6.26. The molecule has 0 bridgehead atoms. The van der Waals surface area contributed by atoms with Crippen molar-refractivity contribution in [2.24, 2.45) is 0 Å². The number of carbonyl (C=O) groups is 2. The van der Waals surface area contributed by atoms with Crippen molar-refractivity contribution >= 4 is 23.2 Å². The van der Waals surface area contributed by atoms with Crippen LogP contribution in [0.25, 0.3) is 0 Å². The molecule has 3 aromatic carbocycles. The van der Waals surface area contributed by atoms with Crippen molar-refractivity contribution in [1.29, 1.82) is 0 Å². The number of anilines is 1. The number of nitrogens with one attached hydrogen (secondary N) is 1. The summed E-state index contributed by atoms with van der Waals surface area (Å²) in [6, 6.07) is 15.4. The average molecular weight is 492 g/mol. The number of carbonyl (C=O) groups excluding carboxylic acids is 2. The van der Waals surface area contributed by atoms with Gasteiger partial charge in [-0.25, -0.2) is 0 Å². The molecule has 0 spiro atoms. The first-order valence-electron chi connectivity index (χ1n) is 11.0. The largest absolute Gasteiger partial charge is 0.495 e. The smallest absolute Gasteiger partial charge is 0.271 e. The van der Waals surface area contributed by atoms with E-state index in [0.717, 1.165) is 0 Å². The van der Waals surface area contributed by atoms with Gasteiger partial charge in [-0.2, -0.15) is 0 Å². The van der Waals surface area contributed by atoms with Crippen LogP contribution in [-0.4, -0.2) is 50.0 Å². The van der Waals surface area contributed by atoms with Crippen LogP contribution in [0.5, 0.6) is 17.2 Å². The summed E-state index contributed by atoms with van der Waals surface area (Å²) < 4.78 is 16.1. The molecule has 0 fully saturated rings. The molecular weight excluding hydrogens is 466 g/mol. The van der Waals surface area contributed by atoms with Crippen LogP contribution >= 0.6 is 0 Å². The lowest BCUT2D eigenvalue weighted by Crippen LogP contribution is -2.44. The van der Waals surface area contributed by atoms with Crippen LogP contribution in [-0.2, 0) is 4.79 Å². The summed E-state index contributed by atoms with van der Waals surface area (Å²) in [4.78, 5) is 39.4. The number of amides is 2. The van der Waals surface area contributed by atoms with Gasteiger partial charge >= 0.3 is 0 Å². The van der Waals surface area contributed by atoms with Crippen molar-refractivity contribution in [1.82, 2.24) is 4.90 Å². The maximum atomic E-state index is 13.9. The fraction of sp³-hybridized carbons (Fsp3) is 0.231. The molecule has 0 aromatic heterocycles. The minimum absolute atomic E-state index is 0.153. The fourth-order valence-electron chi connectivity index (χ4n) is 4.53. The number of nitro benzene ring substituents is 1. The number of nitro groups is 1. The molecule has 2 amide bonds. The van der Waals surface area contributed by atoms with Gasteiger partial charge in [-0.3, -0.25) is 19.7 Å². The predicted molar refractivity (Wildman–Crippen MR) is 132 cm³/mol. The molecule has 1 heterocycles. The average Bonchev–Trinajstić information content (AvgIpc) is 2.89.